The van der Waals surface area contributed by atoms with Crippen molar-refractivity contribution < 1.29 is 14.7 Å². The minimum Gasteiger partial charge on any atom is -0.478 e. The highest BCUT2D eigenvalue weighted by atomic mass is 16.4. The van der Waals surface area contributed by atoms with Gasteiger partial charge in [0.05, 0.1) is 11.1 Å². The summed E-state index contributed by atoms with van der Waals surface area (Å²) in [5.41, 5.74) is 3.05. The van der Waals surface area contributed by atoms with Crippen LogP contribution >= 0.6 is 0 Å². The van der Waals surface area contributed by atoms with Gasteiger partial charge in [-0.3, -0.25) is 14.3 Å². The quantitative estimate of drug-likeness (QED) is 0.412. The average molecular weight is 469 g/mol. The Morgan fingerprint density at radius 3 is 2.57 bits per heavy atom. The Morgan fingerprint density at radius 1 is 1.03 bits per heavy atom. The van der Waals surface area contributed by atoms with E-state index in [4.69, 9.17) is 0 Å². The van der Waals surface area contributed by atoms with Gasteiger partial charge in [-0.2, -0.15) is 0 Å². The molecule has 7 nitrogen and oxygen atoms in total. The van der Waals surface area contributed by atoms with Gasteiger partial charge in [0, 0.05) is 41.6 Å². The second kappa shape index (κ2) is 9.33. The summed E-state index contributed by atoms with van der Waals surface area (Å²) in [6.45, 7) is 2.34. The number of carbonyl (C=O) groups excluding carboxylic acids is 1. The molecular weight excluding hydrogens is 440 g/mol. The zero-order valence-corrected chi connectivity index (χ0v) is 19.7. The van der Waals surface area contributed by atoms with E-state index in [1.807, 2.05) is 43.5 Å². The molecule has 7 heteroatoms. The van der Waals surface area contributed by atoms with Crippen molar-refractivity contribution in [2.45, 2.75) is 44.4 Å². The first-order valence-corrected chi connectivity index (χ1v) is 12.0. The highest BCUT2D eigenvalue weighted by molar-refractivity contribution is 6.07. The lowest BCUT2D eigenvalue weighted by molar-refractivity contribution is 0.0696. The van der Waals surface area contributed by atoms with E-state index in [9.17, 15) is 14.7 Å². The molecule has 0 unspecified atom stereocenters. The van der Waals surface area contributed by atoms with Crippen LogP contribution in [-0.2, 0) is 5.41 Å². The lowest BCUT2D eigenvalue weighted by Gasteiger charge is -2.37. The SMILES string of the molecule is Cc1ccc(C(=O)O)c(-n2cc(C(=O)NCC3(c4cccnc4)CCCCC3)c3ccccc32)n1. The molecule has 3 aromatic heterocycles. The van der Waals surface area contributed by atoms with E-state index in [0.29, 0.717) is 23.6 Å². The number of nitrogens with zero attached hydrogens (tertiary/aromatic N) is 3. The van der Waals surface area contributed by atoms with Crippen molar-refractivity contribution in [2.75, 3.05) is 6.54 Å². The summed E-state index contributed by atoms with van der Waals surface area (Å²) in [7, 11) is 0. The number of pyridine rings is 2. The molecule has 35 heavy (non-hydrogen) atoms. The molecule has 0 saturated heterocycles. The molecule has 0 bridgehead atoms. The third kappa shape index (κ3) is 4.30. The molecule has 1 fully saturated rings. The van der Waals surface area contributed by atoms with Crippen LogP contribution in [0.1, 0.15) is 64.1 Å². The second-order valence-electron chi connectivity index (χ2n) is 9.32. The van der Waals surface area contributed by atoms with Crippen LogP contribution in [0.3, 0.4) is 0 Å². The van der Waals surface area contributed by atoms with Gasteiger partial charge in [-0.25, -0.2) is 9.78 Å². The number of aromatic carboxylic acids is 1. The number of carboxylic acids is 1. The maximum Gasteiger partial charge on any atom is 0.339 e. The summed E-state index contributed by atoms with van der Waals surface area (Å²) >= 11 is 0. The molecule has 0 spiro atoms. The van der Waals surface area contributed by atoms with Crippen LogP contribution in [0.25, 0.3) is 16.7 Å². The van der Waals surface area contributed by atoms with E-state index in [1.54, 1.807) is 29.1 Å². The van der Waals surface area contributed by atoms with Crippen LogP contribution in [0.5, 0.6) is 0 Å². The summed E-state index contributed by atoms with van der Waals surface area (Å²) in [6.07, 6.45) is 10.9. The Hall–Kier alpha value is -4.00. The van der Waals surface area contributed by atoms with E-state index in [2.05, 4.69) is 21.4 Å². The van der Waals surface area contributed by atoms with Crippen molar-refractivity contribution in [2.24, 2.45) is 0 Å². The number of benzene rings is 1. The number of hydrogen-bond donors (Lipinski definition) is 2. The molecule has 5 rings (SSSR count). The van der Waals surface area contributed by atoms with Gasteiger partial charge < -0.3 is 10.4 Å². The van der Waals surface area contributed by atoms with Crippen LogP contribution in [0.15, 0.2) is 67.1 Å². The molecule has 178 valence electrons. The molecule has 1 aromatic carbocycles. The Bertz CT molecular complexity index is 1390. The largest absolute Gasteiger partial charge is 0.478 e. The van der Waals surface area contributed by atoms with E-state index in [-0.39, 0.29) is 16.9 Å². The van der Waals surface area contributed by atoms with Crippen molar-refractivity contribution in [3.8, 4) is 5.82 Å². The third-order valence-electron chi connectivity index (χ3n) is 7.10. The fourth-order valence-electron chi connectivity index (χ4n) is 5.25. The number of aromatic nitrogens is 3. The van der Waals surface area contributed by atoms with Crippen molar-refractivity contribution in [3.05, 3.63) is 89.5 Å². The number of rotatable bonds is 6. The number of carbonyl (C=O) groups is 2. The molecule has 1 aliphatic rings. The van der Waals surface area contributed by atoms with Crippen LogP contribution in [-0.4, -0.2) is 38.1 Å². The monoisotopic (exact) mass is 468 g/mol. The van der Waals surface area contributed by atoms with Crippen LogP contribution in [0, 0.1) is 6.92 Å². The fourth-order valence-corrected chi connectivity index (χ4v) is 5.25. The first kappa shape index (κ1) is 22.8. The summed E-state index contributed by atoms with van der Waals surface area (Å²) in [5, 5.41) is 13.7. The van der Waals surface area contributed by atoms with E-state index in [0.717, 1.165) is 42.1 Å². The second-order valence-corrected chi connectivity index (χ2v) is 9.32. The van der Waals surface area contributed by atoms with Gasteiger partial charge in [0.25, 0.3) is 5.91 Å². The Labute approximate surface area is 203 Å². The molecule has 0 radical (unpaired) electrons. The number of fused-ring (bicyclic) bond motifs is 1. The maximum atomic E-state index is 13.5. The van der Waals surface area contributed by atoms with Gasteiger partial charge in [0.1, 0.15) is 5.56 Å². The van der Waals surface area contributed by atoms with Crippen molar-refractivity contribution in [3.63, 3.8) is 0 Å². The van der Waals surface area contributed by atoms with E-state index < -0.39 is 5.97 Å². The zero-order chi connectivity index (χ0) is 24.4. The molecule has 1 aliphatic carbocycles. The van der Waals surface area contributed by atoms with E-state index >= 15 is 0 Å². The van der Waals surface area contributed by atoms with Gasteiger partial charge in [-0.1, -0.05) is 43.5 Å². The number of aryl methyl sites for hydroxylation is 1. The maximum absolute atomic E-state index is 13.5. The Balaban J connectivity index is 1.51. The minimum atomic E-state index is -1.06. The van der Waals surface area contributed by atoms with Crippen LogP contribution < -0.4 is 5.32 Å². The van der Waals surface area contributed by atoms with Crippen molar-refractivity contribution in [1.82, 2.24) is 19.9 Å². The number of amides is 1. The molecule has 1 saturated carbocycles. The van der Waals surface area contributed by atoms with Gasteiger partial charge >= 0.3 is 5.97 Å². The number of nitrogens with one attached hydrogen (secondary N) is 1. The lowest BCUT2D eigenvalue weighted by Crippen LogP contribution is -2.42. The topological polar surface area (TPSA) is 97.1 Å². The first-order chi connectivity index (χ1) is 17.0. The molecule has 4 aromatic rings. The van der Waals surface area contributed by atoms with Crippen molar-refractivity contribution in [1.29, 1.82) is 0 Å². The summed E-state index contributed by atoms with van der Waals surface area (Å²) < 4.78 is 1.71. The molecule has 3 heterocycles. The number of para-hydroxylation sites is 1. The standard InChI is InChI=1S/C28H28N4O3/c1-19-11-12-22(27(34)35)25(31-19)32-17-23(21-9-3-4-10-24(21)32)26(33)30-18-28(13-5-2-6-14-28)20-8-7-15-29-16-20/h3-4,7-12,15-17H,2,5-6,13-14,18H2,1H3,(H,30,33)(H,34,35). The summed E-state index contributed by atoms with van der Waals surface area (Å²) in [4.78, 5) is 34.2. The smallest absolute Gasteiger partial charge is 0.339 e. The predicted octanol–water partition coefficient (Wildman–Crippen LogP) is 5.06. The average Bonchev–Trinajstić information content (AvgIpc) is 3.28. The zero-order valence-electron chi connectivity index (χ0n) is 19.7. The third-order valence-corrected chi connectivity index (χ3v) is 7.10. The minimum absolute atomic E-state index is 0.0843. The fraction of sp³-hybridized carbons (Fsp3) is 0.286. The molecule has 2 N–H and O–H groups in total. The lowest BCUT2D eigenvalue weighted by atomic mass is 9.70. The predicted molar refractivity (Wildman–Crippen MR) is 134 cm³/mol. The number of hydrogen-bond acceptors (Lipinski definition) is 4. The molecular formula is C28H28N4O3. The van der Waals surface area contributed by atoms with Crippen LogP contribution in [0.4, 0.5) is 0 Å². The molecule has 0 atom stereocenters. The Morgan fingerprint density at radius 2 is 1.83 bits per heavy atom. The van der Waals surface area contributed by atoms with Gasteiger partial charge in [-0.15, -0.1) is 0 Å². The van der Waals surface area contributed by atoms with Gasteiger partial charge in [0.15, 0.2) is 5.82 Å². The van der Waals surface area contributed by atoms with Crippen molar-refractivity contribution >= 4 is 22.8 Å². The molecule has 0 aliphatic heterocycles. The normalized spacial score (nSPS) is 15.1. The molecule has 1 amide bonds. The van der Waals surface area contributed by atoms with Crippen LogP contribution in [0.2, 0.25) is 0 Å². The van der Waals surface area contributed by atoms with Gasteiger partial charge in [0.2, 0.25) is 0 Å². The summed E-state index contributed by atoms with van der Waals surface area (Å²) in [6, 6.07) is 14.8. The first-order valence-electron chi connectivity index (χ1n) is 12.0. The van der Waals surface area contributed by atoms with Gasteiger partial charge in [-0.05, 0) is 49.6 Å². The highest BCUT2D eigenvalue weighted by Crippen LogP contribution is 2.39. The number of carboxylic acid groups (broad SMARTS) is 1. The summed E-state index contributed by atoms with van der Waals surface area (Å²) in [5.74, 6) is -0.947. The Kier molecular flexibility index (Phi) is 6.07. The van der Waals surface area contributed by atoms with E-state index in [1.165, 1.54) is 6.42 Å². The highest BCUT2D eigenvalue weighted by Gasteiger charge is 2.35.